The Morgan fingerprint density at radius 2 is 1.88 bits per heavy atom. The second-order valence-corrected chi connectivity index (χ2v) is 5.23. The fourth-order valence-electron chi connectivity index (χ4n) is 2.31. The maximum Gasteiger partial charge on any atom is 0.322 e. The van der Waals surface area contributed by atoms with E-state index in [4.69, 9.17) is 0 Å². The number of nitrogens with zero attached hydrogens (tertiary/aromatic N) is 5. The van der Waals surface area contributed by atoms with Crippen LogP contribution in [0.25, 0.3) is 5.69 Å². The van der Waals surface area contributed by atoms with Crippen LogP contribution in [0.5, 0.6) is 0 Å². The normalized spacial score (nSPS) is 10.4. The van der Waals surface area contributed by atoms with E-state index < -0.39 is 0 Å². The Morgan fingerprint density at radius 1 is 1.12 bits per heavy atom. The molecule has 7 nitrogen and oxygen atoms in total. The number of benzene rings is 2. The average molecular weight is 322 g/mol. The molecule has 1 N–H and O–H groups in total. The highest BCUT2D eigenvalue weighted by Crippen LogP contribution is 2.13. The summed E-state index contributed by atoms with van der Waals surface area (Å²) in [6.07, 6.45) is 1.52. The van der Waals surface area contributed by atoms with Gasteiger partial charge >= 0.3 is 6.03 Å². The van der Waals surface area contributed by atoms with E-state index in [1.54, 1.807) is 9.58 Å². The Morgan fingerprint density at radius 3 is 2.50 bits per heavy atom. The zero-order valence-corrected chi connectivity index (χ0v) is 13.3. The van der Waals surface area contributed by atoms with E-state index in [-0.39, 0.29) is 6.03 Å². The Hall–Kier alpha value is -3.22. The highest BCUT2D eigenvalue weighted by atomic mass is 16.2. The molecular formula is C17H18N6O. The van der Waals surface area contributed by atoms with Gasteiger partial charge in [0.15, 0.2) is 0 Å². The van der Waals surface area contributed by atoms with Gasteiger partial charge in [0.05, 0.1) is 5.69 Å². The minimum atomic E-state index is -0.128. The van der Waals surface area contributed by atoms with Crippen LogP contribution in [-0.4, -0.2) is 37.7 Å². The Balaban J connectivity index is 1.64. The second kappa shape index (κ2) is 7.36. The van der Waals surface area contributed by atoms with E-state index in [1.807, 2.05) is 61.5 Å². The van der Waals surface area contributed by atoms with Crippen LogP contribution in [0.4, 0.5) is 10.5 Å². The first-order valence-electron chi connectivity index (χ1n) is 7.69. The van der Waals surface area contributed by atoms with Crippen molar-refractivity contribution in [3.8, 4) is 5.69 Å². The second-order valence-electron chi connectivity index (χ2n) is 5.23. The summed E-state index contributed by atoms with van der Waals surface area (Å²) in [5.41, 5.74) is 2.65. The number of amides is 2. The number of hydrogen-bond donors (Lipinski definition) is 1. The largest absolute Gasteiger partial charge is 0.322 e. The summed E-state index contributed by atoms with van der Waals surface area (Å²) in [7, 11) is 0. The van der Waals surface area contributed by atoms with Gasteiger partial charge in [-0.2, -0.15) is 0 Å². The zero-order chi connectivity index (χ0) is 16.8. The van der Waals surface area contributed by atoms with Crippen LogP contribution in [0.2, 0.25) is 0 Å². The lowest BCUT2D eigenvalue weighted by Gasteiger charge is -2.21. The topological polar surface area (TPSA) is 75.9 Å². The molecule has 122 valence electrons. The minimum absolute atomic E-state index is 0.128. The Bertz CT molecular complexity index is 771. The van der Waals surface area contributed by atoms with Gasteiger partial charge in [0.25, 0.3) is 0 Å². The van der Waals surface area contributed by atoms with Crippen LogP contribution in [0.3, 0.4) is 0 Å². The van der Waals surface area contributed by atoms with E-state index in [9.17, 15) is 4.79 Å². The molecule has 0 saturated heterocycles. The number of rotatable bonds is 5. The van der Waals surface area contributed by atoms with E-state index in [0.717, 1.165) is 16.9 Å². The summed E-state index contributed by atoms with van der Waals surface area (Å²) in [5.74, 6) is 0. The summed E-state index contributed by atoms with van der Waals surface area (Å²) in [5, 5.41) is 13.9. The predicted molar refractivity (Wildman–Crippen MR) is 90.7 cm³/mol. The van der Waals surface area contributed by atoms with Crippen molar-refractivity contribution in [2.45, 2.75) is 13.5 Å². The van der Waals surface area contributed by atoms with Crippen molar-refractivity contribution in [1.29, 1.82) is 0 Å². The number of carbonyl (C=O) groups excluding carboxylic acids is 1. The number of aromatic nitrogens is 4. The molecule has 0 saturated carbocycles. The molecule has 0 fully saturated rings. The highest BCUT2D eigenvalue weighted by molar-refractivity contribution is 5.89. The molecule has 1 aromatic heterocycles. The third-order valence-electron chi connectivity index (χ3n) is 3.62. The van der Waals surface area contributed by atoms with E-state index >= 15 is 0 Å². The van der Waals surface area contributed by atoms with Gasteiger partial charge in [0, 0.05) is 18.8 Å². The van der Waals surface area contributed by atoms with Crippen LogP contribution in [0, 0.1) is 0 Å². The maximum absolute atomic E-state index is 12.4. The predicted octanol–water partition coefficient (Wildman–Crippen LogP) is 2.72. The molecule has 0 aliphatic heterocycles. The highest BCUT2D eigenvalue weighted by Gasteiger charge is 2.12. The molecule has 0 bridgehead atoms. The summed E-state index contributed by atoms with van der Waals surface area (Å²) in [6, 6.07) is 17.1. The number of carbonyl (C=O) groups is 1. The van der Waals surface area contributed by atoms with Crippen molar-refractivity contribution >= 4 is 11.7 Å². The number of tetrazole rings is 1. The summed E-state index contributed by atoms with van der Waals surface area (Å²) < 4.78 is 1.55. The smallest absolute Gasteiger partial charge is 0.320 e. The molecule has 0 unspecified atom stereocenters. The van der Waals surface area contributed by atoms with Crippen molar-refractivity contribution in [2.24, 2.45) is 0 Å². The van der Waals surface area contributed by atoms with E-state index in [2.05, 4.69) is 20.8 Å². The minimum Gasteiger partial charge on any atom is -0.320 e. The average Bonchev–Trinajstić information content (AvgIpc) is 3.16. The first-order chi connectivity index (χ1) is 11.8. The first kappa shape index (κ1) is 15.7. The zero-order valence-electron chi connectivity index (χ0n) is 13.3. The van der Waals surface area contributed by atoms with Crippen LogP contribution in [-0.2, 0) is 6.54 Å². The van der Waals surface area contributed by atoms with Crippen LogP contribution in [0.1, 0.15) is 12.5 Å². The quantitative estimate of drug-likeness (QED) is 0.783. The van der Waals surface area contributed by atoms with Crippen molar-refractivity contribution in [2.75, 3.05) is 11.9 Å². The molecule has 0 atom stereocenters. The fourth-order valence-corrected chi connectivity index (χ4v) is 2.31. The van der Waals surface area contributed by atoms with Crippen molar-refractivity contribution < 1.29 is 4.79 Å². The molecule has 2 aromatic carbocycles. The van der Waals surface area contributed by atoms with E-state index in [1.165, 1.54) is 6.33 Å². The van der Waals surface area contributed by atoms with Crippen molar-refractivity contribution in [1.82, 2.24) is 25.1 Å². The Labute approximate surface area is 139 Å². The van der Waals surface area contributed by atoms with Gasteiger partial charge in [0.2, 0.25) is 0 Å². The van der Waals surface area contributed by atoms with Crippen LogP contribution < -0.4 is 5.32 Å². The molecule has 24 heavy (non-hydrogen) atoms. The van der Waals surface area contributed by atoms with Gasteiger partial charge in [-0.15, -0.1) is 5.10 Å². The number of anilines is 1. The van der Waals surface area contributed by atoms with Gasteiger partial charge in [-0.1, -0.05) is 30.3 Å². The third-order valence-corrected chi connectivity index (χ3v) is 3.62. The molecule has 0 aliphatic rings. The summed E-state index contributed by atoms with van der Waals surface area (Å²) >= 11 is 0. The molecule has 7 heteroatoms. The molecule has 0 spiro atoms. The van der Waals surface area contributed by atoms with Gasteiger partial charge in [-0.3, -0.25) is 0 Å². The molecule has 2 amide bonds. The van der Waals surface area contributed by atoms with Gasteiger partial charge < -0.3 is 10.2 Å². The summed E-state index contributed by atoms with van der Waals surface area (Å²) in [6.45, 7) is 3.17. The number of urea groups is 1. The molecular weight excluding hydrogens is 304 g/mol. The molecule has 1 heterocycles. The van der Waals surface area contributed by atoms with Crippen molar-refractivity contribution in [3.63, 3.8) is 0 Å². The SMILES string of the molecule is CCN(Cc1ccccc1)C(=O)Nc1ccc(-n2cnnn2)cc1. The molecule has 3 rings (SSSR count). The van der Waals surface area contributed by atoms with E-state index in [0.29, 0.717) is 13.1 Å². The fraction of sp³-hybridized carbons (Fsp3) is 0.176. The van der Waals surface area contributed by atoms with Crippen LogP contribution >= 0.6 is 0 Å². The van der Waals surface area contributed by atoms with Gasteiger partial charge in [-0.25, -0.2) is 9.48 Å². The van der Waals surface area contributed by atoms with Crippen molar-refractivity contribution in [3.05, 3.63) is 66.5 Å². The Kier molecular flexibility index (Phi) is 4.81. The molecule has 3 aromatic rings. The maximum atomic E-state index is 12.4. The molecule has 0 radical (unpaired) electrons. The number of nitrogens with one attached hydrogen (secondary N) is 1. The van der Waals surface area contributed by atoms with Gasteiger partial charge in [-0.05, 0) is 47.2 Å². The lowest BCUT2D eigenvalue weighted by molar-refractivity contribution is 0.212. The monoisotopic (exact) mass is 322 g/mol. The number of hydrogen-bond acceptors (Lipinski definition) is 4. The van der Waals surface area contributed by atoms with Crippen LogP contribution in [0.15, 0.2) is 60.9 Å². The summed E-state index contributed by atoms with van der Waals surface area (Å²) in [4.78, 5) is 14.2. The van der Waals surface area contributed by atoms with Gasteiger partial charge in [0.1, 0.15) is 6.33 Å². The third kappa shape index (κ3) is 3.75. The first-order valence-corrected chi connectivity index (χ1v) is 7.69. The standard InChI is InChI=1S/C17H18N6O/c1-2-22(12-14-6-4-3-5-7-14)17(24)19-15-8-10-16(11-9-15)23-13-18-20-21-23/h3-11,13H,2,12H2,1H3,(H,19,24). The molecule has 0 aliphatic carbocycles. The lowest BCUT2D eigenvalue weighted by Crippen LogP contribution is -2.34. The lowest BCUT2D eigenvalue weighted by atomic mass is 10.2.